The molecule has 2 rings (SSSR count). The molecule has 0 aromatic heterocycles. The van der Waals surface area contributed by atoms with Crippen molar-refractivity contribution < 1.29 is 4.74 Å². The number of benzene rings is 1. The van der Waals surface area contributed by atoms with E-state index in [4.69, 9.17) is 4.74 Å². The van der Waals surface area contributed by atoms with Gasteiger partial charge in [0.25, 0.3) is 0 Å². The van der Waals surface area contributed by atoms with Gasteiger partial charge in [-0.25, -0.2) is 0 Å². The van der Waals surface area contributed by atoms with Crippen LogP contribution < -0.4 is 4.74 Å². The summed E-state index contributed by atoms with van der Waals surface area (Å²) in [6.45, 7) is 5.26. The van der Waals surface area contributed by atoms with Crippen LogP contribution >= 0.6 is 0 Å². The maximum atomic E-state index is 5.68. The molecule has 0 bridgehead atoms. The summed E-state index contributed by atoms with van der Waals surface area (Å²) in [4.78, 5) is 0. The minimum Gasteiger partial charge on any atom is -0.494 e. The Kier molecular flexibility index (Phi) is 10.5. The van der Waals surface area contributed by atoms with E-state index in [2.05, 4.69) is 50.0 Å². The van der Waals surface area contributed by atoms with Crippen molar-refractivity contribution in [2.45, 2.75) is 71.6 Å². The summed E-state index contributed by atoms with van der Waals surface area (Å²) in [5.41, 5.74) is 1.15. The highest BCUT2D eigenvalue weighted by Crippen LogP contribution is 2.32. The van der Waals surface area contributed by atoms with Crippen LogP contribution in [0, 0.1) is 23.7 Å². The fraction of sp³-hybridized carbons (Fsp3) is 0.538. The zero-order chi connectivity index (χ0) is 19.2. The van der Waals surface area contributed by atoms with E-state index in [-0.39, 0.29) is 0 Å². The molecule has 1 aromatic carbocycles. The normalized spacial score (nSPS) is 19.9. The molecular weight excluding hydrogens is 328 g/mol. The van der Waals surface area contributed by atoms with E-state index in [1.807, 2.05) is 24.3 Å². The third-order valence-corrected chi connectivity index (χ3v) is 5.40. The average molecular weight is 365 g/mol. The molecule has 146 valence electrons. The SMILES string of the molecule is CCCCOc1ccc(C=CC#CC=C[C@H]2CC[C@H](CCCC)CC2)cc1. The Labute approximate surface area is 166 Å². The van der Waals surface area contributed by atoms with Crippen LogP contribution in [0.3, 0.4) is 0 Å². The van der Waals surface area contributed by atoms with E-state index in [1.165, 1.54) is 44.9 Å². The molecule has 0 amide bonds. The van der Waals surface area contributed by atoms with Crippen LogP contribution in [0.4, 0.5) is 0 Å². The molecule has 0 unspecified atom stereocenters. The second kappa shape index (κ2) is 13.3. The Morgan fingerprint density at radius 1 is 0.926 bits per heavy atom. The molecule has 1 fully saturated rings. The first kappa shape index (κ1) is 21.4. The Hall–Kier alpha value is -1.94. The maximum absolute atomic E-state index is 5.68. The zero-order valence-corrected chi connectivity index (χ0v) is 17.3. The van der Waals surface area contributed by atoms with Gasteiger partial charge in [0.05, 0.1) is 6.61 Å². The Morgan fingerprint density at radius 3 is 2.33 bits per heavy atom. The van der Waals surface area contributed by atoms with Gasteiger partial charge in [-0.05, 0) is 79.9 Å². The van der Waals surface area contributed by atoms with E-state index in [1.54, 1.807) is 0 Å². The minimum atomic E-state index is 0.737. The molecule has 0 heterocycles. The number of hydrogen-bond acceptors (Lipinski definition) is 1. The molecule has 0 aliphatic heterocycles. The van der Waals surface area contributed by atoms with Crippen molar-refractivity contribution in [3.8, 4) is 17.6 Å². The average Bonchev–Trinajstić information content (AvgIpc) is 2.71. The van der Waals surface area contributed by atoms with Gasteiger partial charge >= 0.3 is 0 Å². The second-order valence-corrected chi connectivity index (χ2v) is 7.68. The van der Waals surface area contributed by atoms with Crippen molar-refractivity contribution in [2.75, 3.05) is 6.61 Å². The summed E-state index contributed by atoms with van der Waals surface area (Å²) in [6, 6.07) is 8.21. The van der Waals surface area contributed by atoms with Crippen LogP contribution in [0.25, 0.3) is 6.08 Å². The summed E-state index contributed by atoms with van der Waals surface area (Å²) in [5.74, 6) is 8.93. The van der Waals surface area contributed by atoms with Crippen LogP contribution in [0.15, 0.2) is 42.5 Å². The van der Waals surface area contributed by atoms with Crippen LogP contribution in [-0.4, -0.2) is 6.61 Å². The molecule has 0 saturated heterocycles. The highest BCUT2D eigenvalue weighted by molar-refractivity contribution is 5.54. The molecule has 1 aliphatic rings. The molecular formula is C26H36O. The van der Waals surface area contributed by atoms with Crippen molar-refractivity contribution in [1.29, 1.82) is 0 Å². The van der Waals surface area contributed by atoms with Gasteiger partial charge in [-0.15, -0.1) is 0 Å². The number of ether oxygens (including phenoxy) is 1. The lowest BCUT2D eigenvalue weighted by molar-refractivity contribution is 0.291. The van der Waals surface area contributed by atoms with Crippen LogP contribution in [0.2, 0.25) is 0 Å². The topological polar surface area (TPSA) is 9.23 Å². The van der Waals surface area contributed by atoms with E-state index in [0.717, 1.165) is 42.6 Å². The fourth-order valence-corrected chi connectivity index (χ4v) is 3.59. The molecule has 0 N–H and O–H groups in total. The van der Waals surface area contributed by atoms with Gasteiger partial charge in [0, 0.05) is 0 Å². The van der Waals surface area contributed by atoms with Crippen molar-refractivity contribution in [1.82, 2.24) is 0 Å². The van der Waals surface area contributed by atoms with Gasteiger partial charge in [-0.1, -0.05) is 69.6 Å². The van der Waals surface area contributed by atoms with Crippen molar-refractivity contribution in [3.63, 3.8) is 0 Å². The Morgan fingerprint density at radius 2 is 1.63 bits per heavy atom. The smallest absolute Gasteiger partial charge is 0.119 e. The molecule has 1 heteroatoms. The lowest BCUT2D eigenvalue weighted by Gasteiger charge is -2.26. The van der Waals surface area contributed by atoms with Gasteiger partial charge in [0.2, 0.25) is 0 Å². The van der Waals surface area contributed by atoms with Crippen LogP contribution in [-0.2, 0) is 0 Å². The fourth-order valence-electron chi connectivity index (χ4n) is 3.59. The van der Waals surface area contributed by atoms with Crippen LogP contribution in [0.1, 0.15) is 77.2 Å². The number of hydrogen-bond donors (Lipinski definition) is 0. The third kappa shape index (κ3) is 9.00. The number of unbranched alkanes of at least 4 members (excludes halogenated alkanes) is 2. The molecule has 1 aromatic rings. The molecule has 1 nitrogen and oxygen atoms in total. The van der Waals surface area contributed by atoms with Gasteiger partial charge in [-0.3, -0.25) is 0 Å². The van der Waals surface area contributed by atoms with Gasteiger partial charge in [0.1, 0.15) is 5.75 Å². The summed E-state index contributed by atoms with van der Waals surface area (Å²) in [5, 5.41) is 0. The van der Waals surface area contributed by atoms with Crippen molar-refractivity contribution >= 4 is 6.08 Å². The zero-order valence-electron chi connectivity index (χ0n) is 17.3. The first-order chi connectivity index (χ1) is 13.3. The summed E-state index contributed by atoms with van der Waals surface area (Å²) < 4.78 is 5.68. The molecule has 0 atom stereocenters. The number of allylic oxidation sites excluding steroid dienone is 3. The van der Waals surface area contributed by atoms with Crippen molar-refractivity contribution in [3.05, 3.63) is 48.1 Å². The summed E-state index contributed by atoms with van der Waals surface area (Å²) >= 11 is 0. The standard InChI is InChI=1S/C26H36O/c1-3-5-11-23-14-16-24(17-15-23)12-9-7-8-10-13-25-18-20-26(21-19-25)27-22-6-4-2/h9-10,12-13,18-21,23-24H,3-6,11,14-17,22H2,1-2H3/t23-,24-. The Balaban J connectivity index is 1.68. The van der Waals surface area contributed by atoms with Gasteiger partial charge < -0.3 is 4.74 Å². The predicted molar refractivity (Wildman–Crippen MR) is 118 cm³/mol. The number of rotatable bonds is 9. The largest absolute Gasteiger partial charge is 0.494 e. The first-order valence-corrected chi connectivity index (χ1v) is 10.9. The highest BCUT2D eigenvalue weighted by Gasteiger charge is 2.18. The predicted octanol–water partition coefficient (Wildman–Crippen LogP) is 7.43. The molecule has 1 saturated carbocycles. The third-order valence-electron chi connectivity index (χ3n) is 5.40. The molecule has 0 radical (unpaired) electrons. The van der Waals surface area contributed by atoms with E-state index in [9.17, 15) is 0 Å². The lowest BCUT2D eigenvalue weighted by Crippen LogP contribution is -2.12. The van der Waals surface area contributed by atoms with E-state index < -0.39 is 0 Å². The highest BCUT2D eigenvalue weighted by atomic mass is 16.5. The molecule has 27 heavy (non-hydrogen) atoms. The second-order valence-electron chi connectivity index (χ2n) is 7.68. The van der Waals surface area contributed by atoms with Gasteiger partial charge in [-0.2, -0.15) is 0 Å². The quantitative estimate of drug-likeness (QED) is 0.327. The summed E-state index contributed by atoms with van der Waals surface area (Å²) in [6.07, 6.45) is 20.3. The maximum Gasteiger partial charge on any atom is 0.119 e. The van der Waals surface area contributed by atoms with Crippen LogP contribution in [0.5, 0.6) is 5.75 Å². The lowest BCUT2D eigenvalue weighted by atomic mass is 9.80. The minimum absolute atomic E-state index is 0.737. The Bertz CT molecular complexity index is 618. The monoisotopic (exact) mass is 364 g/mol. The van der Waals surface area contributed by atoms with E-state index in [0.29, 0.717) is 0 Å². The molecule has 1 aliphatic carbocycles. The van der Waals surface area contributed by atoms with Gasteiger partial charge in [0.15, 0.2) is 0 Å². The summed E-state index contributed by atoms with van der Waals surface area (Å²) in [7, 11) is 0. The van der Waals surface area contributed by atoms with Crippen molar-refractivity contribution in [2.24, 2.45) is 11.8 Å². The first-order valence-electron chi connectivity index (χ1n) is 10.9. The van der Waals surface area contributed by atoms with E-state index >= 15 is 0 Å². The molecule has 0 spiro atoms.